The lowest BCUT2D eigenvalue weighted by molar-refractivity contribution is 0.281. The minimum atomic E-state index is -0.556. The van der Waals surface area contributed by atoms with Gasteiger partial charge in [0.2, 0.25) is 5.69 Å². The maximum Gasteiger partial charge on any atom is 0.286 e. The number of nitrogens with one attached hydrogen (secondary N) is 1. The number of aromatic nitrogens is 2. The van der Waals surface area contributed by atoms with Crippen molar-refractivity contribution in [2.75, 3.05) is 7.11 Å². The number of benzene rings is 1. The second kappa shape index (κ2) is 5.84. The predicted octanol–water partition coefficient (Wildman–Crippen LogP) is 0.160. The van der Waals surface area contributed by atoms with Crippen LogP contribution in [0.3, 0.4) is 0 Å². The molecule has 0 aliphatic heterocycles. The monoisotopic (exact) mass is 271 g/mol. The molecule has 0 fully saturated rings. The molecule has 2 radical (unpaired) electrons. The zero-order valence-corrected chi connectivity index (χ0v) is 10.3. The number of amidine groups is 1. The fraction of sp³-hybridized carbons (Fsp3) is 0.0909. The lowest BCUT2D eigenvalue weighted by Crippen LogP contribution is -2.20. The van der Waals surface area contributed by atoms with Gasteiger partial charge in [-0.2, -0.15) is 5.26 Å². The van der Waals surface area contributed by atoms with Gasteiger partial charge in [-0.3, -0.25) is 5.32 Å². The van der Waals surface area contributed by atoms with E-state index in [-0.39, 0.29) is 22.9 Å². The Balaban J connectivity index is 2.45. The first-order valence-electron chi connectivity index (χ1n) is 5.31. The molecule has 2 rings (SSSR count). The van der Waals surface area contributed by atoms with Gasteiger partial charge in [-0.05, 0) is 28.5 Å². The van der Waals surface area contributed by atoms with Crippen LogP contribution in [0.25, 0.3) is 0 Å². The van der Waals surface area contributed by atoms with Crippen LogP contribution in [0.15, 0.2) is 27.8 Å². The average molecular weight is 271 g/mol. The molecule has 0 aliphatic carbocycles. The maximum absolute atomic E-state index is 13.1. The number of aliphatic imine (C=N–C) groups is 1. The highest BCUT2D eigenvalue weighted by molar-refractivity contribution is 6.32. The van der Waals surface area contributed by atoms with E-state index in [9.17, 15) is 4.39 Å². The van der Waals surface area contributed by atoms with Gasteiger partial charge in [0.15, 0.2) is 12.0 Å². The van der Waals surface area contributed by atoms with E-state index in [0.717, 1.165) is 6.07 Å². The third-order valence-corrected chi connectivity index (χ3v) is 2.27. The summed E-state index contributed by atoms with van der Waals surface area (Å²) in [4.78, 5) is 4.10. The minimum Gasteiger partial charge on any atom is -0.477 e. The summed E-state index contributed by atoms with van der Waals surface area (Å²) in [6.07, 6.45) is 1.70. The lowest BCUT2D eigenvalue weighted by atomic mass is 9.95. The number of hydrogen-bond acceptors (Lipinski definition) is 6. The van der Waals surface area contributed by atoms with Crippen LogP contribution >= 0.6 is 0 Å². The van der Waals surface area contributed by atoms with Crippen LogP contribution in [-0.2, 0) is 0 Å². The highest BCUT2D eigenvalue weighted by Crippen LogP contribution is 2.16. The van der Waals surface area contributed by atoms with Crippen molar-refractivity contribution in [2.45, 2.75) is 0 Å². The Morgan fingerprint density at radius 2 is 2.35 bits per heavy atom. The van der Waals surface area contributed by atoms with Crippen molar-refractivity contribution in [3.63, 3.8) is 0 Å². The Hall–Kier alpha value is -2.89. The molecule has 0 saturated carbocycles. The maximum atomic E-state index is 13.1. The molecule has 0 unspecified atom stereocenters. The van der Waals surface area contributed by atoms with Crippen molar-refractivity contribution in [1.29, 1.82) is 5.26 Å². The summed E-state index contributed by atoms with van der Waals surface area (Å²) < 4.78 is 22.5. The Morgan fingerprint density at radius 1 is 1.55 bits per heavy atom. The Bertz CT molecular complexity index is 694. The third-order valence-electron chi connectivity index (χ3n) is 2.27. The first-order valence-corrected chi connectivity index (χ1v) is 5.31. The lowest BCUT2D eigenvalue weighted by Gasteiger charge is -2.03. The molecule has 0 spiro atoms. The topological polar surface area (TPSA) is 96.3 Å². The molecular formula is C11H7BFN5O2. The number of nitrogens with zero attached hydrogens (tertiary/aromatic N) is 4. The Kier molecular flexibility index (Phi) is 3.95. The normalized spacial score (nSPS) is 10.9. The SMILES string of the molecule is [B]c1cc(N=C(NC#N)c2nonc2OC)ccc1F. The van der Waals surface area contributed by atoms with Crippen molar-refractivity contribution in [3.8, 4) is 12.1 Å². The van der Waals surface area contributed by atoms with Crippen LogP contribution < -0.4 is 15.5 Å². The molecule has 0 atom stereocenters. The number of halogens is 1. The second-order valence-corrected chi connectivity index (χ2v) is 3.53. The highest BCUT2D eigenvalue weighted by Gasteiger charge is 2.17. The molecule has 2 aromatic rings. The fourth-order valence-electron chi connectivity index (χ4n) is 1.38. The van der Waals surface area contributed by atoms with Crippen molar-refractivity contribution in [3.05, 3.63) is 29.7 Å². The molecule has 7 nitrogen and oxygen atoms in total. The molecule has 0 amide bonds. The number of nitriles is 1. The summed E-state index contributed by atoms with van der Waals surface area (Å²) in [5, 5.41) is 18.1. The van der Waals surface area contributed by atoms with E-state index >= 15 is 0 Å². The van der Waals surface area contributed by atoms with Crippen LogP contribution in [0, 0.1) is 17.3 Å². The van der Waals surface area contributed by atoms with Crippen LogP contribution in [0.4, 0.5) is 10.1 Å². The van der Waals surface area contributed by atoms with E-state index in [2.05, 4.69) is 25.3 Å². The first kappa shape index (κ1) is 13.5. The van der Waals surface area contributed by atoms with Gasteiger partial charge >= 0.3 is 0 Å². The summed E-state index contributed by atoms with van der Waals surface area (Å²) >= 11 is 0. The van der Waals surface area contributed by atoms with Crippen LogP contribution in [0.1, 0.15) is 5.69 Å². The number of methoxy groups -OCH3 is 1. The molecule has 1 aromatic heterocycles. The zero-order chi connectivity index (χ0) is 14.5. The van der Waals surface area contributed by atoms with Gasteiger partial charge in [0.1, 0.15) is 13.7 Å². The summed E-state index contributed by atoms with van der Waals surface area (Å²) in [5.74, 6) is -0.461. The molecule has 1 aromatic carbocycles. The molecule has 98 valence electrons. The van der Waals surface area contributed by atoms with E-state index < -0.39 is 5.82 Å². The van der Waals surface area contributed by atoms with Crippen molar-refractivity contribution < 1.29 is 13.8 Å². The molecular weight excluding hydrogens is 264 g/mol. The largest absolute Gasteiger partial charge is 0.477 e. The molecule has 0 aliphatic rings. The quantitative estimate of drug-likeness (QED) is 0.281. The van der Waals surface area contributed by atoms with E-state index in [0.29, 0.717) is 5.69 Å². The van der Waals surface area contributed by atoms with Gasteiger partial charge in [0, 0.05) is 0 Å². The molecule has 9 heteroatoms. The van der Waals surface area contributed by atoms with Crippen molar-refractivity contribution >= 4 is 24.8 Å². The van der Waals surface area contributed by atoms with Crippen molar-refractivity contribution in [2.24, 2.45) is 4.99 Å². The van der Waals surface area contributed by atoms with Gasteiger partial charge in [0.25, 0.3) is 5.88 Å². The molecule has 0 bridgehead atoms. The smallest absolute Gasteiger partial charge is 0.286 e. The standard InChI is InChI=1S/C11H7BFN5O2/c1-19-11-9(17-20-18-11)10(15-5-14)16-6-2-3-8(13)7(12)4-6/h2-4H,1H3,(H,15,16). The van der Waals surface area contributed by atoms with Gasteiger partial charge in [-0.15, -0.1) is 0 Å². The van der Waals surface area contributed by atoms with Gasteiger partial charge < -0.3 is 4.74 Å². The Labute approximate surface area is 114 Å². The van der Waals surface area contributed by atoms with Gasteiger partial charge in [0.05, 0.1) is 12.8 Å². The fourth-order valence-corrected chi connectivity index (χ4v) is 1.38. The van der Waals surface area contributed by atoms with E-state index in [1.165, 1.54) is 19.2 Å². The van der Waals surface area contributed by atoms with Gasteiger partial charge in [-0.1, -0.05) is 5.46 Å². The first-order chi connectivity index (χ1) is 9.65. The summed E-state index contributed by atoms with van der Waals surface area (Å²) in [6, 6.07) is 3.87. The molecule has 1 N–H and O–H groups in total. The number of ether oxygens (including phenoxy) is 1. The van der Waals surface area contributed by atoms with Crippen molar-refractivity contribution in [1.82, 2.24) is 15.6 Å². The summed E-state index contributed by atoms with van der Waals surface area (Å²) in [6.45, 7) is 0. The molecule has 1 heterocycles. The average Bonchev–Trinajstić information content (AvgIpc) is 2.90. The number of rotatable bonds is 3. The zero-order valence-electron chi connectivity index (χ0n) is 10.3. The van der Waals surface area contributed by atoms with Gasteiger partial charge in [-0.25, -0.2) is 14.0 Å². The van der Waals surface area contributed by atoms with E-state index in [1.807, 2.05) is 0 Å². The minimum absolute atomic E-state index is 0.0385. The Morgan fingerprint density at radius 3 is 3.00 bits per heavy atom. The van der Waals surface area contributed by atoms with Crippen LogP contribution in [0.2, 0.25) is 0 Å². The third kappa shape index (κ3) is 2.75. The summed E-state index contributed by atoms with van der Waals surface area (Å²) in [7, 11) is 6.81. The van der Waals surface area contributed by atoms with E-state index in [4.69, 9.17) is 17.8 Å². The van der Waals surface area contributed by atoms with Crippen LogP contribution in [0.5, 0.6) is 5.88 Å². The van der Waals surface area contributed by atoms with E-state index in [1.54, 1.807) is 6.19 Å². The predicted molar refractivity (Wildman–Crippen MR) is 67.6 cm³/mol. The second-order valence-electron chi connectivity index (χ2n) is 3.53. The van der Waals surface area contributed by atoms with Crippen LogP contribution in [-0.4, -0.2) is 31.1 Å². The number of hydrogen-bond donors (Lipinski definition) is 1. The highest BCUT2D eigenvalue weighted by atomic mass is 19.1. The molecule has 20 heavy (non-hydrogen) atoms. The summed E-state index contributed by atoms with van der Waals surface area (Å²) in [5.41, 5.74) is 0.372. The molecule has 0 saturated heterocycles.